The van der Waals surface area contributed by atoms with E-state index in [1.807, 2.05) is 40.9 Å². The molecule has 0 atom stereocenters. The second-order valence-corrected chi connectivity index (χ2v) is 9.42. The maximum Gasteiger partial charge on any atom is 0.243 e. The van der Waals surface area contributed by atoms with Crippen molar-refractivity contribution in [1.82, 2.24) is 19.4 Å². The maximum atomic E-state index is 12.5. The summed E-state index contributed by atoms with van der Waals surface area (Å²) in [7, 11) is -3.82. The second kappa shape index (κ2) is 9.01. The molecule has 1 fully saturated rings. The topological polar surface area (TPSA) is 125 Å². The van der Waals surface area contributed by atoms with Crippen molar-refractivity contribution >= 4 is 21.9 Å². The van der Waals surface area contributed by atoms with Crippen LogP contribution in [0.25, 0.3) is 5.65 Å². The molecule has 3 aromatic rings. The Balaban J connectivity index is 1.37. The summed E-state index contributed by atoms with van der Waals surface area (Å²) in [6.07, 6.45) is 8.67. The molecule has 9 heteroatoms. The van der Waals surface area contributed by atoms with E-state index in [0.29, 0.717) is 19.0 Å². The molecule has 0 bridgehead atoms. The Morgan fingerprint density at radius 1 is 1.13 bits per heavy atom. The van der Waals surface area contributed by atoms with Crippen LogP contribution < -0.4 is 15.8 Å². The van der Waals surface area contributed by atoms with E-state index in [4.69, 9.17) is 11.1 Å². The highest BCUT2D eigenvalue weighted by Crippen LogP contribution is 2.39. The fourth-order valence-corrected chi connectivity index (χ4v) is 4.23. The monoisotopic (exact) mass is 438 g/mol. The van der Waals surface area contributed by atoms with Crippen LogP contribution in [0.15, 0.2) is 59.9 Å². The average Bonchev–Trinajstić information content (AvgIpc) is 3.55. The zero-order valence-electron chi connectivity index (χ0n) is 17.1. The molecule has 0 saturated heterocycles. The summed E-state index contributed by atoms with van der Waals surface area (Å²) < 4.78 is 29.6. The number of nitrogens with two attached hydrogens (primary N) is 1. The fourth-order valence-electron chi connectivity index (χ4n) is 3.31. The minimum atomic E-state index is -3.82. The van der Waals surface area contributed by atoms with Gasteiger partial charge in [-0.15, -0.1) is 0 Å². The number of imidazole rings is 1. The van der Waals surface area contributed by atoms with Gasteiger partial charge in [-0.2, -0.15) is 0 Å². The molecule has 0 amide bonds. The van der Waals surface area contributed by atoms with Gasteiger partial charge in [-0.25, -0.2) is 18.1 Å². The molecular weight excluding hydrogens is 412 g/mol. The van der Waals surface area contributed by atoms with Crippen molar-refractivity contribution in [1.29, 1.82) is 5.41 Å². The van der Waals surface area contributed by atoms with Crippen molar-refractivity contribution in [3.05, 3.63) is 82.3 Å². The molecule has 5 N–H and O–H groups in total. The van der Waals surface area contributed by atoms with Crippen LogP contribution in [-0.2, 0) is 29.7 Å². The van der Waals surface area contributed by atoms with Crippen molar-refractivity contribution in [2.24, 2.45) is 5.73 Å². The zero-order valence-corrected chi connectivity index (χ0v) is 17.9. The van der Waals surface area contributed by atoms with E-state index >= 15 is 0 Å². The van der Waals surface area contributed by atoms with Crippen molar-refractivity contribution < 1.29 is 8.42 Å². The van der Waals surface area contributed by atoms with Gasteiger partial charge < -0.3 is 20.9 Å². The first-order valence-corrected chi connectivity index (χ1v) is 11.7. The van der Waals surface area contributed by atoms with Crippen LogP contribution >= 0.6 is 0 Å². The van der Waals surface area contributed by atoms with Gasteiger partial charge in [-0.05, 0) is 41.5 Å². The van der Waals surface area contributed by atoms with Gasteiger partial charge in [0.25, 0.3) is 0 Å². The molecule has 0 unspecified atom stereocenters. The van der Waals surface area contributed by atoms with Gasteiger partial charge in [0, 0.05) is 37.9 Å². The second-order valence-electron chi connectivity index (χ2n) is 7.65. The third-order valence-electron chi connectivity index (χ3n) is 5.28. The van der Waals surface area contributed by atoms with Gasteiger partial charge in [0.2, 0.25) is 10.0 Å². The number of hydrogen-bond acceptors (Lipinski definition) is 6. The van der Waals surface area contributed by atoms with E-state index in [1.165, 1.54) is 24.6 Å². The molecule has 1 aromatic carbocycles. The average molecular weight is 439 g/mol. The van der Waals surface area contributed by atoms with Crippen LogP contribution in [0.2, 0.25) is 0 Å². The van der Waals surface area contributed by atoms with Crippen LogP contribution in [0.5, 0.6) is 0 Å². The van der Waals surface area contributed by atoms with Gasteiger partial charge in [-0.1, -0.05) is 30.3 Å². The van der Waals surface area contributed by atoms with E-state index < -0.39 is 10.0 Å². The molecule has 1 aliphatic carbocycles. The molecule has 31 heavy (non-hydrogen) atoms. The summed E-state index contributed by atoms with van der Waals surface area (Å²) >= 11 is 0. The fraction of sp³-hybridized carbons (Fsp3) is 0.273. The van der Waals surface area contributed by atoms with Crippen LogP contribution in [0.3, 0.4) is 0 Å². The predicted molar refractivity (Wildman–Crippen MR) is 121 cm³/mol. The summed E-state index contributed by atoms with van der Waals surface area (Å²) in [6.45, 7) is 0.925. The molecule has 2 aromatic heterocycles. The Hall–Kier alpha value is -3.01. The van der Waals surface area contributed by atoms with Crippen LogP contribution in [0, 0.1) is 5.41 Å². The summed E-state index contributed by atoms with van der Waals surface area (Å²) in [5.74, 6) is 0.669. The van der Waals surface area contributed by atoms with E-state index in [9.17, 15) is 8.42 Å². The van der Waals surface area contributed by atoms with Crippen molar-refractivity contribution in [3.8, 4) is 0 Å². The lowest BCUT2D eigenvalue weighted by molar-refractivity contribution is 0.589. The first-order valence-electron chi connectivity index (χ1n) is 10.2. The summed E-state index contributed by atoms with van der Waals surface area (Å²) in [5.41, 5.74) is 10.3. The molecular formula is C22H26N6O2S. The third kappa shape index (κ3) is 5.19. The molecule has 1 aliphatic rings. The highest BCUT2D eigenvalue weighted by Gasteiger charge is 2.23. The molecule has 0 spiro atoms. The Morgan fingerprint density at radius 3 is 2.55 bits per heavy atom. The van der Waals surface area contributed by atoms with Crippen molar-refractivity contribution in [2.45, 2.75) is 38.4 Å². The number of aromatic nitrogens is 2. The molecule has 0 radical (unpaired) electrons. The van der Waals surface area contributed by atoms with Gasteiger partial charge in [-0.3, -0.25) is 0 Å². The first-order chi connectivity index (χ1) is 15.0. The molecule has 1 saturated carbocycles. The lowest BCUT2D eigenvalue weighted by atomic mass is 10.1. The van der Waals surface area contributed by atoms with E-state index in [1.54, 1.807) is 0 Å². The van der Waals surface area contributed by atoms with Crippen LogP contribution in [-0.4, -0.2) is 24.0 Å². The minimum Gasteiger partial charge on any atom is -0.384 e. The van der Waals surface area contributed by atoms with Crippen molar-refractivity contribution in [2.75, 3.05) is 0 Å². The number of pyridine rings is 1. The first kappa shape index (κ1) is 21.2. The summed E-state index contributed by atoms with van der Waals surface area (Å²) in [4.78, 5) is 4.40. The molecule has 0 aliphatic heterocycles. The van der Waals surface area contributed by atoms with E-state index in [-0.39, 0.29) is 11.4 Å². The highest BCUT2D eigenvalue weighted by atomic mass is 32.2. The number of sulfonamides is 1. The van der Waals surface area contributed by atoms with Gasteiger partial charge in [0.05, 0.1) is 12.2 Å². The normalized spacial score (nSPS) is 14.7. The molecule has 8 nitrogen and oxygen atoms in total. The van der Waals surface area contributed by atoms with E-state index in [0.717, 1.165) is 28.7 Å². The zero-order chi connectivity index (χ0) is 21.8. The predicted octanol–water partition coefficient (Wildman–Crippen LogP) is 2.37. The number of rotatable bonds is 10. The van der Waals surface area contributed by atoms with Crippen LogP contribution in [0.1, 0.15) is 41.1 Å². The number of nitrogens with one attached hydrogen (secondary N) is 3. The van der Waals surface area contributed by atoms with Gasteiger partial charge >= 0.3 is 0 Å². The highest BCUT2D eigenvalue weighted by molar-refractivity contribution is 7.94. The number of benzene rings is 1. The SMILES string of the molecule is N=C/C(=C\NCc1cn2cc(C3CC3)ccc2n1)S(=O)(=O)NCc1ccc(CN)cc1. The van der Waals surface area contributed by atoms with Crippen LogP contribution in [0.4, 0.5) is 0 Å². The minimum absolute atomic E-state index is 0.133. The molecule has 162 valence electrons. The third-order valence-corrected chi connectivity index (χ3v) is 6.66. The summed E-state index contributed by atoms with van der Waals surface area (Å²) in [6, 6.07) is 11.5. The molecule has 4 rings (SSSR count). The standard InChI is InChI=1S/C22H26N6O2S/c23-9-16-1-3-17(4-2-16)11-26-31(29,30)21(10-24)13-25-12-20-15-28-14-19(18-5-6-18)7-8-22(28)27-20/h1-4,7-8,10,13-15,18,24-26H,5-6,9,11-12,23H2/b21-13+,24-10?. The quantitative estimate of drug-likeness (QED) is 0.362. The Morgan fingerprint density at radius 2 is 1.87 bits per heavy atom. The van der Waals surface area contributed by atoms with Gasteiger partial charge in [0.15, 0.2) is 0 Å². The Bertz CT molecular complexity index is 1210. The Kier molecular flexibility index (Phi) is 6.17. The van der Waals surface area contributed by atoms with E-state index in [2.05, 4.69) is 27.3 Å². The number of hydrogen-bond donors (Lipinski definition) is 4. The number of allylic oxidation sites excluding steroid dienone is 1. The van der Waals surface area contributed by atoms with Gasteiger partial charge in [0.1, 0.15) is 10.6 Å². The molecule has 2 heterocycles. The lowest BCUT2D eigenvalue weighted by Gasteiger charge is -2.08. The van der Waals surface area contributed by atoms with Crippen molar-refractivity contribution in [3.63, 3.8) is 0 Å². The smallest absolute Gasteiger partial charge is 0.243 e. The lowest BCUT2D eigenvalue weighted by Crippen LogP contribution is -2.26. The summed E-state index contributed by atoms with van der Waals surface area (Å²) in [5, 5.41) is 10.5. The Labute approximate surface area is 181 Å². The number of nitrogens with zero attached hydrogens (tertiary/aromatic N) is 2. The largest absolute Gasteiger partial charge is 0.384 e. The number of fused-ring (bicyclic) bond motifs is 1. The maximum absolute atomic E-state index is 12.5.